The van der Waals surface area contributed by atoms with Crippen LogP contribution in [-0.4, -0.2) is 42.3 Å². The van der Waals surface area contributed by atoms with Crippen LogP contribution in [0.25, 0.3) is 0 Å². The molecule has 0 saturated carbocycles. The molecule has 0 spiro atoms. The van der Waals surface area contributed by atoms with Crippen molar-refractivity contribution in [2.24, 2.45) is 5.92 Å². The van der Waals surface area contributed by atoms with Crippen LogP contribution < -0.4 is 10.6 Å². The monoisotopic (exact) mass is 397 g/mol. The van der Waals surface area contributed by atoms with E-state index in [-0.39, 0.29) is 30.2 Å². The minimum absolute atomic E-state index is 0.0723. The van der Waals surface area contributed by atoms with E-state index in [1.807, 2.05) is 32.9 Å². The van der Waals surface area contributed by atoms with E-state index in [9.17, 15) is 14.4 Å². The summed E-state index contributed by atoms with van der Waals surface area (Å²) >= 11 is 0. The molecule has 7 nitrogen and oxygen atoms in total. The fraction of sp³-hybridized carbons (Fsp3) is 0.409. The molecule has 1 aromatic heterocycles. The summed E-state index contributed by atoms with van der Waals surface area (Å²) in [5.41, 5.74) is 3.93. The van der Waals surface area contributed by atoms with Gasteiger partial charge >= 0.3 is 0 Å². The van der Waals surface area contributed by atoms with E-state index >= 15 is 0 Å². The van der Waals surface area contributed by atoms with E-state index in [1.54, 1.807) is 17.0 Å². The zero-order valence-electron chi connectivity index (χ0n) is 17.1. The Hall–Kier alpha value is -3.09. The maximum absolute atomic E-state index is 12.4. The molecule has 1 fully saturated rings. The number of rotatable bonds is 5. The number of carbonyl (C=O) groups excluding carboxylic acids is 3. The Bertz CT molecular complexity index is 874. The molecule has 0 atom stereocenters. The van der Waals surface area contributed by atoms with Gasteiger partial charge in [-0.25, -0.2) is 0 Å². The lowest BCUT2D eigenvalue weighted by Crippen LogP contribution is -2.44. The van der Waals surface area contributed by atoms with Crippen LogP contribution in [0.1, 0.15) is 40.1 Å². The minimum Gasteiger partial charge on any atom is -0.459 e. The number of carbonyl (C=O) groups is 3. The molecule has 0 aliphatic carbocycles. The van der Waals surface area contributed by atoms with Crippen LogP contribution in [0.4, 0.5) is 5.69 Å². The molecule has 0 radical (unpaired) electrons. The van der Waals surface area contributed by atoms with Crippen molar-refractivity contribution in [2.45, 2.75) is 33.6 Å². The summed E-state index contributed by atoms with van der Waals surface area (Å²) in [6, 6.07) is 7.34. The van der Waals surface area contributed by atoms with Crippen LogP contribution in [0.3, 0.4) is 0 Å². The Labute approximate surface area is 170 Å². The Morgan fingerprint density at radius 2 is 1.76 bits per heavy atom. The molecule has 29 heavy (non-hydrogen) atoms. The fourth-order valence-corrected chi connectivity index (χ4v) is 3.77. The summed E-state index contributed by atoms with van der Waals surface area (Å²) in [7, 11) is 0. The number of hydrogen-bond donors (Lipinski definition) is 2. The Balaban J connectivity index is 1.45. The molecule has 1 saturated heterocycles. The van der Waals surface area contributed by atoms with Crippen molar-refractivity contribution in [3.8, 4) is 0 Å². The molecule has 2 heterocycles. The molecule has 3 amide bonds. The molecule has 154 valence electrons. The number of nitrogens with zero attached hydrogens (tertiary/aromatic N) is 1. The number of nitrogens with one attached hydrogen (secondary N) is 2. The topological polar surface area (TPSA) is 91.7 Å². The van der Waals surface area contributed by atoms with Gasteiger partial charge in [-0.05, 0) is 56.9 Å². The Morgan fingerprint density at radius 1 is 1.10 bits per heavy atom. The first kappa shape index (κ1) is 20.6. The van der Waals surface area contributed by atoms with Crippen LogP contribution in [-0.2, 0) is 9.59 Å². The molecule has 2 aromatic rings. The molecule has 1 aliphatic rings. The van der Waals surface area contributed by atoms with Gasteiger partial charge in [0.15, 0.2) is 5.76 Å². The first-order valence-electron chi connectivity index (χ1n) is 9.83. The standard InChI is InChI=1S/C22H27N3O4/c1-14-11-15(2)20(16(3)12-14)24-19(26)13-23-21(27)17-6-8-25(9-7-17)22(28)18-5-4-10-29-18/h4-5,10-12,17H,6-9,13H2,1-3H3,(H,23,27)(H,24,26). The smallest absolute Gasteiger partial charge is 0.289 e. The van der Waals surface area contributed by atoms with E-state index in [0.29, 0.717) is 31.7 Å². The largest absolute Gasteiger partial charge is 0.459 e. The second kappa shape index (κ2) is 8.94. The van der Waals surface area contributed by atoms with Crippen molar-refractivity contribution in [2.75, 3.05) is 25.0 Å². The summed E-state index contributed by atoms with van der Waals surface area (Å²) in [5, 5.41) is 5.61. The molecular formula is C22H27N3O4. The highest BCUT2D eigenvalue weighted by Crippen LogP contribution is 2.22. The van der Waals surface area contributed by atoms with Crippen molar-refractivity contribution in [1.82, 2.24) is 10.2 Å². The third-order valence-electron chi connectivity index (χ3n) is 5.25. The van der Waals surface area contributed by atoms with Gasteiger partial charge in [0.05, 0.1) is 12.8 Å². The Kier molecular flexibility index (Phi) is 6.36. The second-order valence-electron chi connectivity index (χ2n) is 7.58. The molecule has 1 aromatic carbocycles. The molecule has 3 rings (SSSR count). The van der Waals surface area contributed by atoms with Gasteiger partial charge < -0.3 is 20.0 Å². The average molecular weight is 397 g/mol. The van der Waals surface area contributed by atoms with Gasteiger partial charge in [0.1, 0.15) is 0 Å². The highest BCUT2D eigenvalue weighted by Gasteiger charge is 2.28. The van der Waals surface area contributed by atoms with E-state index in [0.717, 1.165) is 22.4 Å². The van der Waals surface area contributed by atoms with Crippen LogP contribution >= 0.6 is 0 Å². The number of anilines is 1. The summed E-state index contributed by atoms with van der Waals surface area (Å²) < 4.78 is 5.14. The molecule has 2 N–H and O–H groups in total. The summed E-state index contributed by atoms with van der Waals surface area (Å²) in [4.78, 5) is 38.7. The van der Waals surface area contributed by atoms with Crippen LogP contribution in [0, 0.1) is 26.7 Å². The lowest BCUT2D eigenvalue weighted by atomic mass is 9.95. The SMILES string of the molecule is Cc1cc(C)c(NC(=O)CNC(=O)C2CCN(C(=O)c3ccco3)CC2)c(C)c1. The van der Waals surface area contributed by atoms with E-state index in [2.05, 4.69) is 10.6 Å². The van der Waals surface area contributed by atoms with Crippen molar-refractivity contribution >= 4 is 23.4 Å². The van der Waals surface area contributed by atoms with Crippen LogP contribution in [0.15, 0.2) is 34.9 Å². The van der Waals surface area contributed by atoms with Crippen molar-refractivity contribution in [3.63, 3.8) is 0 Å². The third kappa shape index (κ3) is 5.04. The van der Waals surface area contributed by atoms with Gasteiger partial charge in [-0.2, -0.15) is 0 Å². The zero-order chi connectivity index (χ0) is 21.0. The predicted molar refractivity (Wildman–Crippen MR) is 110 cm³/mol. The van der Waals surface area contributed by atoms with Gasteiger partial charge in [-0.3, -0.25) is 14.4 Å². The third-order valence-corrected chi connectivity index (χ3v) is 5.25. The highest BCUT2D eigenvalue weighted by molar-refractivity contribution is 5.96. The summed E-state index contributed by atoms with van der Waals surface area (Å²) in [5.74, 6) is -0.448. The maximum Gasteiger partial charge on any atom is 0.289 e. The predicted octanol–water partition coefficient (Wildman–Crippen LogP) is 2.81. The fourth-order valence-electron chi connectivity index (χ4n) is 3.77. The molecular weight excluding hydrogens is 370 g/mol. The number of hydrogen-bond acceptors (Lipinski definition) is 4. The molecule has 0 unspecified atom stereocenters. The first-order valence-corrected chi connectivity index (χ1v) is 9.83. The molecule has 1 aliphatic heterocycles. The normalized spacial score (nSPS) is 14.5. The van der Waals surface area contributed by atoms with E-state index in [1.165, 1.54) is 6.26 Å². The second-order valence-corrected chi connectivity index (χ2v) is 7.58. The molecule has 7 heteroatoms. The zero-order valence-corrected chi connectivity index (χ0v) is 17.1. The van der Waals surface area contributed by atoms with Gasteiger partial charge in [-0.15, -0.1) is 0 Å². The maximum atomic E-state index is 12.4. The van der Waals surface area contributed by atoms with Crippen LogP contribution in [0.5, 0.6) is 0 Å². The van der Waals surface area contributed by atoms with Gasteiger partial charge in [-0.1, -0.05) is 17.7 Å². The summed E-state index contributed by atoms with van der Waals surface area (Å²) in [6.45, 7) is 6.82. The highest BCUT2D eigenvalue weighted by atomic mass is 16.3. The lowest BCUT2D eigenvalue weighted by molar-refractivity contribution is -0.128. The van der Waals surface area contributed by atoms with Crippen molar-refractivity contribution in [3.05, 3.63) is 53.0 Å². The van der Waals surface area contributed by atoms with Gasteiger partial charge in [0.25, 0.3) is 5.91 Å². The first-order chi connectivity index (χ1) is 13.8. The number of amides is 3. The number of aryl methyl sites for hydroxylation is 3. The number of likely N-dealkylation sites (tertiary alicyclic amines) is 1. The van der Waals surface area contributed by atoms with Crippen LogP contribution in [0.2, 0.25) is 0 Å². The quantitative estimate of drug-likeness (QED) is 0.812. The van der Waals surface area contributed by atoms with E-state index in [4.69, 9.17) is 4.42 Å². The summed E-state index contributed by atoms with van der Waals surface area (Å²) in [6.07, 6.45) is 2.60. The van der Waals surface area contributed by atoms with E-state index < -0.39 is 0 Å². The lowest BCUT2D eigenvalue weighted by Gasteiger charge is -2.30. The van der Waals surface area contributed by atoms with Crippen molar-refractivity contribution < 1.29 is 18.8 Å². The molecule has 0 bridgehead atoms. The van der Waals surface area contributed by atoms with Gasteiger partial charge in [0, 0.05) is 24.7 Å². The number of furan rings is 1. The number of piperidine rings is 1. The Morgan fingerprint density at radius 3 is 2.34 bits per heavy atom. The number of benzene rings is 1. The van der Waals surface area contributed by atoms with Gasteiger partial charge in [0.2, 0.25) is 11.8 Å². The van der Waals surface area contributed by atoms with Crippen molar-refractivity contribution in [1.29, 1.82) is 0 Å². The minimum atomic E-state index is -0.251. The average Bonchev–Trinajstić information content (AvgIpc) is 3.23.